The van der Waals surface area contributed by atoms with E-state index in [9.17, 15) is 4.39 Å². The number of likely N-dealkylation sites (tertiary alicyclic amines) is 1. The number of ether oxygens (including phenoxy) is 1. The van der Waals surface area contributed by atoms with Crippen LogP contribution in [0.3, 0.4) is 0 Å². The topological polar surface area (TPSA) is 56.1 Å². The number of fused-ring (bicyclic) bond motifs is 3. The molecular weight excluding hydrogens is 369 g/mol. The van der Waals surface area contributed by atoms with Crippen molar-refractivity contribution in [3.05, 3.63) is 65.9 Å². The molecule has 2 aliphatic heterocycles. The van der Waals surface area contributed by atoms with Crippen LogP contribution in [-0.2, 0) is 17.9 Å². The summed E-state index contributed by atoms with van der Waals surface area (Å²) in [5, 5.41) is 8.60. The fourth-order valence-electron chi connectivity index (χ4n) is 3.84. The molecule has 0 unspecified atom stereocenters. The van der Waals surface area contributed by atoms with Crippen LogP contribution in [-0.4, -0.2) is 44.1 Å². The molecule has 0 saturated carbocycles. The summed E-state index contributed by atoms with van der Waals surface area (Å²) in [4.78, 5) is 6.72. The van der Waals surface area contributed by atoms with Crippen molar-refractivity contribution in [2.75, 3.05) is 13.1 Å². The smallest absolute Gasteiger partial charge is 0.132 e. The van der Waals surface area contributed by atoms with Gasteiger partial charge in [0.25, 0.3) is 0 Å². The van der Waals surface area contributed by atoms with Gasteiger partial charge in [-0.3, -0.25) is 9.88 Å². The Morgan fingerprint density at radius 3 is 2.78 bits per heavy atom. The number of hydrogen-bond acceptors (Lipinski definition) is 5. The number of halogens is 2. The van der Waals surface area contributed by atoms with E-state index in [0.717, 1.165) is 31.0 Å². The van der Waals surface area contributed by atoms with Crippen molar-refractivity contribution >= 4 is 12.4 Å². The highest BCUT2D eigenvalue weighted by Crippen LogP contribution is 2.35. The van der Waals surface area contributed by atoms with Crippen molar-refractivity contribution in [3.63, 3.8) is 0 Å². The van der Waals surface area contributed by atoms with Gasteiger partial charge in [0.1, 0.15) is 11.5 Å². The van der Waals surface area contributed by atoms with Crippen LogP contribution >= 0.6 is 12.4 Å². The van der Waals surface area contributed by atoms with Crippen LogP contribution in [0, 0.1) is 5.82 Å². The maximum absolute atomic E-state index is 14.2. The van der Waals surface area contributed by atoms with Gasteiger partial charge in [0.15, 0.2) is 0 Å². The molecule has 27 heavy (non-hydrogen) atoms. The van der Waals surface area contributed by atoms with Crippen molar-refractivity contribution in [1.82, 2.24) is 24.9 Å². The van der Waals surface area contributed by atoms with E-state index in [1.807, 2.05) is 29.1 Å². The number of pyridine rings is 1. The Kier molecular flexibility index (Phi) is 4.90. The zero-order valence-electron chi connectivity index (χ0n) is 14.5. The Balaban J connectivity index is 0.00000180. The van der Waals surface area contributed by atoms with Crippen LogP contribution in [0.1, 0.15) is 17.4 Å². The second-order valence-electron chi connectivity index (χ2n) is 6.74. The van der Waals surface area contributed by atoms with Crippen LogP contribution in [0.2, 0.25) is 0 Å². The summed E-state index contributed by atoms with van der Waals surface area (Å²) in [6.45, 7) is 2.82. The van der Waals surface area contributed by atoms with Crippen LogP contribution in [0.4, 0.5) is 4.39 Å². The zero-order valence-corrected chi connectivity index (χ0v) is 15.3. The van der Waals surface area contributed by atoms with E-state index in [4.69, 9.17) is 4.74 Å². The third kappa shape index (κ3) is 3.22. The standard InChI is InChI=1S/C19H18FN5O.ClH/c20-15-7-2-1-6-14(15)19-17-12-26-18-11-24(9-13-5-3-4-8-21-13)10-16(18)25(17)23-22-19;/h1-8,16,18H,9-12H2;1H/t16-,18-;/m1./s1. The molecule has 140 valence electrons. The molecular formula is C19H19ClFN5O. The van der Waals surface area contributed by atoms with E-state index in [2.05, 4.69) is 20.2 Å². The molecule has 0 bridgehead atoms. The fourth-order valence-corrected chi connectivity index (χ4v) is 3.84. The maximum Gasteiger partial charge on any atom is 0.132 e. The molecule has 0 aliphatic carbocycles. The number of aromatic nitrogens is 4. The SMILES string of the molecule is Cl.Fc1ccccc1-c1nnn2c1CO[C@@H]1CN(Cc3ccccn3)C[C@H]12. The molecule has 4 heterocycles. The van der Waals surface area contributed by atoms with Gasteiger partial charge in [-0.25, -0.2) is 9.07 Å². The molecule has 0 radical (unpaired) electrons. The molecule has 1 saturated heterocycles. The fraction of sp³-hybridized carbons (Fsp3) is 0.316. The van der Waals surface area contributed by atoms with Crippen molar-refractivity contribution < 1.29 is 9.13 Å². The third-order valence-electron chi connectivity index (χ3n) is 5.09. The van der Waals surface area contributed by atoms with Gasteiger partial charge < -0.3 is 4.74 Å². The minimum atomic E-state index is -0.291. The molecule has 8 heteroatoms. The molecule has 0 N–H and O–H groups in total. The highest BCUT2D eigenvalue weighted by Gasteiger charge is 2.40. The Morgan fingerprint density at radius 1 is 1.11 bits per heavy atom. The number of rotatable bonds is 3. The minimum absolute atomic E-state index is 0. The summed E-state index contributed by atoms with van der Waals surface area (Å²) < 4.78 is 22.2. The van der Waals surface area contributed by atoms with Gasteiger partial charge in [0.05, 0.1) is 30.1 Å². The summed E-state index contributed by atoms with van der Waals surface area (Å²) in [7, 11) is 0. The first kappa shape index (κ1) is 18.0. The largest absolute Gasteiger partial charge is 0.368 e. The van der Waals surface area contributed by atoms with Crippen molar-refractivity contribution in [1.29, 1.82) is 0 Å². The van der Waals surface area contributed by atoms with Gasteiger partial charge in [-0.2, -0.15) is 0 Å². The average Bonchev–Trinajstić information content (AvgIpc) is 3.26. The minimum Gasteiger partial charge on any atom is -0.368 e. The lowest BCUT2D eigenvalue weighted by atomic mass is 10.1. The van der Waals surface area contributed by atoms with Gasteiger partial charge in [0, 0.05) is 31.4 Å². The molecule has 6 nitrogen and oxygen atoms in total. The summed E-state index contributed by atoms with van der Waals surface area (Å²) >= 11 is 0. The lowest BCUT2D eigenvalue weighted by Crippen LogP contribution is -2.32. The van der Waals surface area contributed by atoms with E-state index in [1.54, 1.807) is 18.2 Å². The lowest BCUT2D eigenvalue weighted by Gasteiger charge is -2.26. The average molecular weight is 388 g/mol. The second kappa shape index (κ2) is 7.34. The monoisotopic (exact) mass is 387 g/mol. The quantitative estimate of drug-likeness (QED) is 0.691. The first-order chi connectivity index (χ1) is 12.8. The van der Waals surface area contributed by atoms with Crippen LogP contribution in [0.25, 0.3) is 11.3 Å². The van der Waals surface area contributed by atoms with Crippen LogP contribution in [0.5, 0.6) is 0 Å². The number of benzene rings is 1. The van der Waals surface area contributed by atoms with Crippen LogP contribution in [0.15, 0.2) is 48.7 Å². The Hall–Kier alpha value is -2.35. The van der Waals surface area contributed by atoms with Gasteiger partial charge in [0.2, 0.25) is 0 Å². The van der Waals surface area contributed by atoms with E-state index in [1.165, 1.54) is 6.07 Å². The Morgan fingerprint density at radius 2 is 1.96 bits per heavy atom. The first-order valence-electron chi connectivity index (χ1n) is 8.72. The molecule has 5 rings (SSSR count). The summed E-state index contributed by atoms with van der Waals surface area (Å²) in [5.74, 6) is -0.291. The van der Waals surface area contributed by atoms with Gasteiger partial charge in [-0.15, -0.1) is 17.5 Å². The van der Waals surface area contributed by atoms with Crippen LogP contribution < -0.4 is 0 Å². The molecule has 1 aromatic carbocycles. The van der Waals surface area contributed by atoms with Crippen molar-refractivity contribution in [2.45, 2.75) is 25.3 Å². The first-order valence-corrected chi connectivity index (χ1v) is 8.72. The number of hydrogen-bond donors (Lipinski definition) is 0. The highest BCUT2D eigenvalue weighted by molar-refractivity contribution is 5.85. The van der Waals surface area contributed by atoms with E-state index < -0.39 is 0 Å². The Labute approximate surface area is 162 Å². The second-order valence-corrected chi connectivity index (χ2v) is 6.74. The maximum atomic E-state index is 14.2. The molecule has 2 aliphatic rings. The van der Waals surface area contributed by atoms with E-state index >= 15 is 0 Å². The Bertz CT molecular complexity index is 935. The van der Waals surface area contributed by atoms with Gasteiger partial charge in [-0.1, -0.05) is 23.4 Å². The zero-order chi connectivity index (χ0) is 17.5. The van der Waals surface area contributed by atoms with Gasteiger partial charge >= 0.3 is 0 Å². The van der Waals surface area contributed by atoms with Crippen molar-refractivity contribution in [3.8, 4) is 11.3 Å². The van der Waals surface area contributed by atoms with E-state index in [0.29, 0.717) is 17.9 Å². The summed E-state index contributed by atoms with van der Waals surface area (Å²) in [6, 6.07) is 12.7. The molecule has 2 aromatic heterocycles. The predicted octanol–water partition coefficient (Wildman–Crippen LogP) is 2.86. The molecule has 1 fully saturated rings. The third-order valence-corrected chi connectivity index (χ3v) is 5.09. The molecule has 3 aromatic rings. The molecule has 0 amide bonds. The molecule has 2 atom stereocenters. The normalized spacial score (nSPS) is 21.4. The number of nitrogens with zero attached hydrogens (tertiary/aromatic N) is 5. The predicted molar refractivity (Wildman–Crippen MR) is 99.8 cm³/mol. The lowest BCUT2D eigenvalue weighted by molar-refractivity contribution is -0.00496. The van der Waals surface area contributed by atoms with Crippen molar-refractivity contribution in [2.24, 2.45) is 0 Å². The van der Waals surface area contributed by atoms with E-state index in [-0.39, 0.29) is 30.4 Å². The van der Waals surface area contributed by atoms with Gasteiger partial charge in [-0.05, 0) is 24.3 Å². The highest BCUT2D eigenvalue weighted by atomic mass is 35.5. The summed E-state index contributed by atoms with van der Waals surface area (Å²) in [5.41, 5.74) is 2.93. The molecule has 0 spiro atoms. The summed E-state index contributed by atoms with van der Waals surface area (Å²) in [6.07, 6.45) is 1.88.